The minimum Gasteiger partial charge on any atom is -0.464 e. The van der Waals surface area contributed by atoms with Gasteiger partial charge in [0, 0.05) is 19.3 Å². The quantitative estimate of drug-likeness (QED) is 0.851. The van der Waals surface area contributed by atoms with Crippen molar-refractivity contribution in [3.05, 3.63) is 53.5 Å². The molecule has 0 aliphatic heterocycles. The molecule has 0 amide bonds. The van der Waals surface area contributed by atoms with Crippen LogP contribution >= 0.6 is 0 Å². The monoisotopic (exact) mass is 289 g/mol. The first-order valence-corrected chi connectivity index (χ1v) is 7.13. The molecule has 1 aromatic heterocycles. The lowest BCUT2D eigenvalue weighted by atomic mass is 10.1. The van der Waals surface area contributed by atoms with Gasteiger partial charge in [0.15, 0.2) is 0 Å². The lowest BCUT2D eigenvalue weighted by molar-refractivity contribution is 0.0684. The second kappa shape index (κ2) is 7.29. The highest BCUT2D eigenvalue weighted by Crippen LogP contribution is 2.22. The minimum atomic E-state index is -0.536. The average molecular weight is 289 g/mol. The van der Waals surface area contributed by atoms with Gasteiger partial charge in [0.05, 0.1) is 19.3 Å². The van der Waals surface area contributed by atoms with E-state index in [9.17, 15) is 5.11 Å². The van der Waals surface area contributed by atoms with Crippen LogP contribution in [0, 0.1) is 13.8 Å². The van der Waals surface area contributed by atoms with Crippen LogP contribution in [0.2, 0.25) is 0 Å². The fourth-order valence-corrected chi connectivity index (χ4v) is 2.42. The maximum absolute atomic E-state index is 10.1. The van der Waals surface area contributed by atoms with Crippen LogP contribution in [-0.2, 0) is 11.3 Å². The molecular weight excluding hydrogens is 266 g/mol. The molecule has 4 nitrogen and oxygen atoms in total. The first kappa shape index (κ1) is 15.6. The molecule has 0 spiro atoms. The smallest absolute Gasteiger partial charge is 0.123 e. The van der Waals surface area contributed by atoms with Crippen molar-refractivity contribution < 1.29 is 14.3 Å². The van der Waals surface area contributed by atoms with Crippen LogP contribution in [0.5, 0.6) is 0 Å². The zero-order valence-electron chi connectivity index (χ0n) is 12.9. The highest BCUT2D eigenvalue weighted by molar-refractivity contribution is 5.53. The van der Waals surface area contributed by atoms with E-state index in [1.807, 2.05) is 31.2 Å². The Bertz CT molecular complexity index is 565. The van der Waals surface area contributed by atoms with Gasteiger partial charge in [0.25, 0.3) is 0 Å². The van der Waals surface area contributed by atoms with Crippen LogP contribution in [0.25, 0.3) is 0 Å². The van der Waals surface area contributed by atoms with Gasteiger partial charge in [-0.2, -0.15) is 0 Å². The van der Waals surface area contributed by atoms with Crippen molar-refractivity contribution in [1.29, 1.82) is 0 Å². The number of methoxy groups -OCH3 is 1. The average Bonchev–Trinajstić information content (AvgIpc) is 2.84. The first-order valence-electron chi connectivity index (χ1n) is 7.13. The Morgan fingerprint density at radius 2 is 1.95 bits per heavy atom. The molecule has 114 valence electrons. The van der Waals surface area contributed by atoms with Crippen LogP contribution in [0.3, 0.4) is 0 Å². The maximum Gasteiger partial charge on any atom is 0.123 e. The number of para-hydroxylation sites is 1. The number of rotatable bonds is 7. The van der Waals surface area contributed by atoms with Gasteiger partial charge in [0.1, 0.15) is 11.5 Å². The van der Waals surface area contributed by atoms with Crippen molar-refractivity contribution >= 4 is 5.69 Å². The molecule has 0 saturated carbocycles. The van der Waals surface area contributed by atoms with E-state index in [2.05, 4.69) is 24.0 Å². The standard InChI is InChI=1S/C17H23NO3/c1-13-6-4-5-7-17(13)18(10-15(19)12-20-3)11-16-9-8-14(2)21-16/h4-9,15,19H,10-12H2,1-3H3. The number of aryl methyl sites for hydroxylation is 2. The molecule has 0 bridgehead atoms. The Morgan fingerprint density at radius 3 is 2.57 bits per heavy atom. The number of anilines is 1. The molecule has 1 aromatic carbocycles. The van der Waals surface area contributed by atoms with E-state index in [0.29, 0.717) is 19.7 Å². The Morgan fingerprint density at radius 1 is 1.19 bits per heavy atom. The Labute approximate surface area is 126 Å². The summed E-state index contributed by atoms with van der Waals surface area (Å²) in [6.07, 6.45) is -0.536. The molecule has 1 heterocycles. The summed E-state index contributed by atoms with van der Waals surface area (Å²) in [6.45, 7) is 5.44. The number of nitrogens with zero attached hydrogens (tertiary/aromatic N) is 1. The molecule has 0 fully saturated rings. The molecule has 4 heteroatoms. The molecule has 0 radical (unpaired) electrons. The number of furan rings is 1. The summed E-state index contributed by atoms with van der Waals surface area (Å²) in [5.41, 5.74) is 2.27. The highest BCUT2D eigenvalue weighted by Gasteiger charge is 2.16. The lowest BCUT2D eigenvalue weighted by Crippen LogP contribution is -2.34. The minimum absolute atomic E-state index is 0.319. The van der Waals surface area contributed by atoms with Crippen molar-refractivity contribution in [3.63, 3.8) is 0 Å². The number of ether oxygens (including phenoxy) is 1. The zero-order valence-corrected chi connectivity index (χ0v) is 12.9. The SMILES string of the molecule is COCC(O)CN(Cc1ccc(C)o1)c1ccccc1C. The van der Waals surface area contributed by atoms with Gasteiger partial charge in [-0.3, -0.25) is 0 Å². The molecule has 0 saturated heterocycles. The summed E-state index contributed by atoms with van der Waals surface area (Å²) >= 11 is 0. The molecule has 2 aromatic rings. The Hall–Kier alpha value is -1.78. The van der Waals surface area contributed by atoms with Crippen LogP contribution in [0.15, 0.2) is 40.8 Å². The Kier molecular flexibility index (Phi) is 5.42. The largest absolute Gasteiger partial charge is 0.464 e. The number of aliphatic hydroxyl groups excluding tert-OH is 1. The Balaban J connectivity index is 2.19. The van der Waals surface area contributed by atoms with Gasteiger partial charge < -0.3 is 19.2 Å². The van der Waals surface area contributed by atoms with Gasteiger partial charge in [-0.1, -0.05) is 18.2 Å². The van der Waals surface area contributed by atoms with Crippen LogP contribution in [0.1, 0.15) is 17.1 Å². The topological polar surface area (TPSA) is 45.8 Å². The van der Waals surface area contributed by atoms with E-state index < -0.39 is 6.10 Å². The summed E-state index contributed by atoms with van der Waals surface area (Å²) in [7, 11) is 1.59. The van der Waals surface area contributed by atoms with Crippen molar-refractivity contribution in [1.82, 2.24) is 0 Å². The van der Waals surface area contributed by atoms with E-state index in [4.69, 9.17) is 9.15 Å². The molecular formula is C17H23NO3. The van der Waals surface area contributed by atoms with Crippen LogP contribution in [-0.4, -0.2) is 31.5 Å². The predicted octanol–water partition coefficient (Wildman–Crippen LogP) is 2.91. The fraction of sp³-hybridized carbons (Fsp3) is 0.412. The van der Waals surface area contributed by atoms with Crippen LogP contribution < -0.4 is 4.90 Å². The summed E-state index contributed by atoms with van der Waals surface area (Å²) in [4.78, 5) is 2.12. The molecule has 21 heavy (non-hydrogen) atoms. The zero-order chi connectivity index (χ0) is 15.2. The number of hydrogen-bond acceptors (Lipinski definition) is 4. The lowest BCUT2D eigenvalue weighted by Gasteiger charge is -2.27. The van der Waals surface area contributed by atoms with E-state index in [0.717, 1.165) is 17.2 Å². The van der Waals surface area contributed by atoms with Gasteiger partial charge in [-0.25, -0.2) is 0 Å². The van der Waals surface area contributed by atoms with E-state index in [1.54, 1.807) is 7.11 Å². The highest BCUT2D eigenvalue weighted by atomic mass is 16.5. The molecule has 1 N–H and O–H groups in total. The van der Waals surface area contributed by atoms with Crippen molar-refractivity contribution in [3.8, 4) is 0 Å². The summed E-state index contributed by atoms with van der Waals surface area (Å²) in [5.74, 6) is 1.78. The first-order chi connectivity index (χ1) is 10.1. The van der Waals surface area contributed by atoms with E-state index in [1.165, 1.54) is 5.56 Å². The normalized spacial score (nSPS) is 12.4. The third kappa shape index (κ3) is 4.34. The molecule has 1 unspecified atom stereocenters. The molecule has 2 rings (SSSR count). The number of aliphatic hydroxyl groups is 1. The van der Waals surface area contributed by atoms with Gasteiger partial charge in [-0.05, 0) is 37.6 Å². The second-order valence-electron chi connectivity index (χ2n) is 5.29. The second-order valence-corrected chi connectivity index (χ2v) is 5.29. The summed E-state index contributed by atoms with van der Waals surface area (Å²) in [5, 5.41) is 10.1. The van der Waals surface area contributed by atoms with Crippen molar-refractivity contribution in [2.24, 2.45) is 0 Å². The van der Waals surface area contributed by atoms with Crippen LogP contribution in [0.4, 0.5) is 5.69 Å². The fourth-order valence-electron chi connectivity index (χ4n) is 2.42. The van der Waals surface area contributed by atoms with Crippen molar-refractivity contribution in [2.45, 2.75) is 26.5 Å². The molecule has 0 aliphatic rings. The predicted molar refractivity (Wildman–Crippen MR) is 83.6 cm³/mol. The summed E-state index contributed by atoms with van der Waals surface area (Å²) < 4.78 is 10.7. The van der Waals surface area contributed by atoms with Gasteiger partial charge in [0.2, 0.25) is 0 Å². The maximum atomic E-state index is 10.1. The third-order valence-electron chi connectivity index (χ3n) is 3.39. The van der Waals surface area contributed by atoms with Gasteiger partial charge >= 0.3 is 0 Å². The van der Waals surface area contributed by atoms with Gasteiger partial charge in [-0.15, -0.1) is 0 Å². The number of hydrogen-bond donors (Lipinski definition) is 1. The third-order valence-corrected chi connectivity index (χ3v) is 3.39. The molecule has 0 aliphatic carbocycles. The summed E-state index contributed by atoms with van der Waals surface area (Å²) in [6, 6.07) is 12.1. The molecule has 1 atom stereocenters. The number of benzene rings is 1. The van der Waals surface area contributed by atoms with E-state index >= 15 is 0 Å². The van der Waals surface area contributed by atoms with Crippen molar-refractivity contribution in [2.75, 3.05) is 25.2 Å². The van der Waals surface area contributed by atoms with E-state index in [-0.39, 0.29) is 0 Å².